The van der Waals surface area contributed by atoms with Gasteiger partial charge in [-0.05, 0) is 59.0 Å². The van der Waals surface area contributed by atoms with Gasteiger partial charge in [0.1, 0.15) is 17.3 Å². The predicted octanol–water partition coefficient (Wildman–Crippen LogP) is 3.80. The molecule has 2 saturated heterocycles. The highest BCUT2D eigenvalue weighted by molar-refractivity contribution is 6.03. The lowest BCUT2D eigenvalue weighted by atomic mass is 9.98. The maximum Gasteiger partial charge on any atom is 0.351 e. The van der Waals surface area contributed by atoms with Gasteiger partial charge in [0.15, 0.2) is 5.82 Å². The summed E-state index contributed by atoms with van der Waals surface area (Å²) in [5.41, 5.74) is 2.48. The Labute approximate surface area is 319 Å². The van der Waals surface area contributed by atoms with E-state index in [0.717, 1.165) is 50.0 Å². The summed E-state index contributed by atoms with van der Waals surface area (Å²) in [5, 5.41) is 39.3. The summed E-state index contributed by atoms with van der Waals surface area (Å²) in [4.78, 5) is 46.6. The van der Waals surface area contributed by atoms with Crippen molar-refractivity contribution in [2.45, 2.75) is 57.5 Å². The lowest BCUT2D eigenvalue weighted by Gasteiger charge is -2.34. The van der Waals surface area contributed by atoms with E-state index in [0.29, 0.717) is 33.5 Å². The third-order valence-corrected chi connectivity index (χ3v) is 10.1. The van der Waals surface area contributed by atoms with Gasteiger partial charge in [-0.1, -0.05) is 38.1 Å². The van der Waals surface area contributed by atoms with Crippen LogP contribution in [0.25, 0.3) is 17.1 Å². The second kappa shape index (κ2) is 15.8. The molecular weight excluding hydrogens is 730 g/mol. The Morgan fingerprint density at radius 3 is 2.14 bits per heavy atom. The van der Waals surface area contributed by atoms with Crippen LogP contribution in [0.5, 0.6) is 11.5 Å². The van der Waals surface area contributed by atoms with Crippen molar-refractivity contribution < 1.29 is 33.6 Å². The fraction of sp³-hybridized carbons (Fsp3) is 0.359. The van der Waals surface area contributed by atoms with Crippen LogP contribution in [0.15, 0.2) is 82.5 Å². The fourth-order valence-corrected chi connectivity index (χ4v) is 7.05. The lowest BCUT2D eigenvalue weighted by molar-refractivity contribution is -0.120. The number of hydrogen-bond acceptors (Lipinski definition) is 11. The average Bonchev–Trinajstić information content (AvgIpc) is 3.70. The Morgan fingerprint density at radius 2 is 1.57 bits per heavy atom. The number of H-pyrrole nitrogens is 1. The summed E-state index contributed by atoms with van der Waals surface area (Å²) < 4.78 is 35.9. The van der Waals surface area contributed by atoms with E-state index in [1.165, 1.54) is 16.7 Å². The zero-order valence-corrected chi connectivity index (χ0v) is 30.7. The van der Waals surface area contributed by atoms with E-state index in [-0.39, 0.29) is 29.1 Å². The molecule has 3 aromatic carbocycles. The van der Waals surface area contributed by atoms with E-state index in [1.807, 2.05) is 50.2 Å². The SMILES string of the molecule is CC(C)c1cc(-c2n[nH]c(=O)n2-c2ccc(CN3CCN(Cc4ccc(C(=O)Nc5ccn(C6OC(CO)CC6(F)F)c(=O)n5)cc4)CC3)cc2)c(O)cc1O. The molecule has 5 aromatic rings. The van der Waals surface area contributed by atoms with Crippen molar-refractivity contribution in [2.75, 3.05) is 38.1 Å². The number of ether oxygens (including phenoxy) is 1. The van der Waals surface area contributed by atoms with Gasteiger partial charge >= 0.3 is 11.4 Å². The molecule has 17 heteroatoms. The molecule has 0 aliphatic carbocycles. The topological polar surface area (TPSA) is 191 Å². The number of aliphatic hydroxyl groups is 1. The first kappa shape index (κ1) is 38.5. The van der Waals surface area contributed by atoms with Crippen LogP contribution in [0, 0.1) is 0 Å². The number of carbonyl (C=O) groups excluding carboxylic acids is 1. The standard InChI is InChI=1S/C39H42F2N8O7/c1-23(2)29-17-30(32(52)18-31(29)51)34-44-45-38(55)49(34)27-9-5-25(6-10-27)21-47-15-13-46(14-16-47)20-24-3-7-26(8-4-24)35(53)42-33-11-12-48(37(54)43-33)36-39(40,41)19-28(22-50)56-36/h3-12,17-18,23,28,36,50-52H,13-16,19-22H2,1-2H3,(H,45,55)(H,42,43,53,54). The van der Waals surface area contributed by atoms with Crippen LogP contribution in [0.1, 0.15) is 59.5 Å². The molecule has 15 nitrogen and oxygen atoms in total. The number of carbonyl (C=O) groups is 1. The molecule has 4 heterocycles. The number of aromatic amines is 1. The molecule has 5 N–H and O–H groups in total. The first-order valence-electron chi connectivity index (χ1n) is 18.2. The fourth-order valence-electron chi connectivity index (χ4n) is 7.05. The normalized spacial score (nSPS) is 18.8. The molecule has 56 heavy (non-hydrogen) atoms. The molecule has 1 amide bonds. The molecule has 0 spiro atoms. The Bertz CT molecular complexity index is 2320. The summed E-state index contributed by atoms with van der Waals surface area (Å²) in [6.45, 7) is 7.99. The number of benzene rings is 3. The molecule has 2 aliphatic rings. The highest BCUT2D eigenvalue weighted by atomic mass is 19.3. The second-order valence-electron chi connectivity index (χ2n) is 14.4. The van der Waals surface area contributed by atoms with Gasteiger partial charge in [0.05, 0.1) is 24.0 Å². The summed E-state index contributed by atoms with van der Waals surface area (Å²) in [6.07, 6.45) is -2.63. The Morgan fingerprint density at radius 1 is 0.946 bits per heavy atom. The number of phenols is 2. The number of halogens is 2. The minimum atomic E-state index is -3.37. The number of amides is 1. The number of alkyl halides is 2. The zero-order chi connectivity index (χ0) is 39.7. The summed E-state index contributed by atoms with van der Waals surface area (Å²) in [6, 6.07) is 18.8. The number of aromatic nitrogens is 5. The van der Waals surface area contributed by atoms with E-state index in [4.69, 9.17) is 4.74 Å². The molecule has 2 aromatic heterocycles. The molecule has 0 radical (unpaired) electrons. The maximum absolute atomic E-state index is 14.3. The van der Waals surface area contributed by atoms with Gasteiger partial charge in [-0.3, -0.25) is 19.2 Å². The van der Waals surface area contributed by atoms with Crippen LogP contribution in [0.3, 0.4) is 0 Å². The average molecular weight is 773 g/mol. The monoisotopic (exact) mass is 772 g/mol. The lowest BCUT2D eigenvalue weighted by Crippen LogP contribution is -2.45. The number of nitrogens with zero attached hydrogens (tertiary/aromatic N) is 6. The van der Waals surface area contributed by atoms with Gasteiger partial charge in [-0.15, -0.1) is 0 Å². The largest absolute Gasteiger partial charge is 0.508 e. The van der Waals surface area contributed by atoms with Gasteiger partial charge in [-0.2, -0.15) is 10.1 Å². The van der Waals surface area contributed by atoms with Crippen molar-refractivity contribution in [3.8, 4) is 28.6 Å². The first-order chi connectivity index (χ1) is 26.8. The number of phenolic OH excluding ortho intramolecular Hbond substituents is 2. The molecule has 0 bridgehead atoms. The number of hydrogen-bond donors (Lipinski definition) is 5. The van der Waals surface area contributed by atoms with Gasteiger partial charge in [0.2, 0.25) is 6.23 Å². The summed E-state index contributed by atoms with van der Waals surface area (Å²) in [7, 11) is 0. The number of aromatic hydroxyl groups is 2. The number of rotatable bonds is 11. The molecule has 294 valence electrons. The summed E-state index contributed by atoms with van der Waals surface area (Å²) >= 11 is 0. The first-order valence-corrected chi connectivity index (χ1v) is 18.2. The van der Waals surface area contributed by atoms with Gasteiger partial charge in [-0.25, -0.2) is 28.0 Å². The second-order valence-corrected chi connectivity index (χ2v) is 14.4. The summed E-state index contributed by atoms with van der Waals surface area (Å²) in [5.74, 6) is -3.96. The van der Waals surface area contributed by atoms with Crippen LogP contribution < -0.4 is 16.7 Å². The molecule has 2 aliphatic heterocycles. The van der Waals surface area contributed by atoms with Crippen LogP contribution in [0.2, 0.25) is 0 Å². The van der Waals surface area contributed by atoms with Gasteiger partial charge in [0, 0.05) is 63.5 Å². The number of anilines is 1. The van der Waals surface area contributed by atoms with Crippen LogP contribution in [-0.4, -0.2) is 100 Å². The number of piperazine rings is 1. The third kappa shape index (κ3) is 8.11. The number of nitrogens with one attached hydrogen (secondary N) is 2. The molecule has 2 atom stereocenters. The van der Waals surface area contributed by atoms with E-state index in [2.05, 4.69) is 30.3 Å². The minimum absolute atomic E-state index is 0.0137. The van der Waals surface area contributed by atoms with Crippen LogP contribution in [-0.2, 0) is 17.8 Å². The van der Waals surface area contributed by atoms with Crippen molar-refractivity contribution in [2.24, 2.45) is 0 Å². The minimum Gasteiger partial charge on any atom is -0.508 e. The quantitative estimate of drug-likeness (QED) is 0.131. The smallest absolute Gasteiger partial charge is 0.351 e. The Hall–Kier alpha value is -5.75. The van der Waals surface area contributed by atoms with Crippen molar-refractivity contribution in [1.82, 2.24) is 34.1 Å². The predicted molar refractivity (Wildman–Crippen MR) is 201 cm³/mol. The van der Waals surface area contributed by atoms with E-state index >= 15 is 0 Å². The maximum atomic E-state index is 14.3. The zero-order valence-electron chi connectivity index (χ0n) is 30.7. The van der Waals surface area contributed by atoms with E-state index in [9.17, 15) is 38.5 Å². The van der Waals surface area contributed by atoms with E-state index < -0.39 is 48.6 Å². The van der Waals surface area contributed by atoms with Crippen molar-refractivity contribution in [3.63, 3.8) is 0 Å². The van der Waals surface area contributed by atoms with Crippen LogP contribution in [0.4, 0.5) is 14.6 Å². The number of aliphatic hydroxyl groups excluding tert-OH is 1. The Kier molecular flexibility index (Phi) is 10.9. The molecule has 2 fully saturated rings. The van der Waals surface area contributed by atoms with Crippen LogP contribution >= 0.6 is 0 Å². The highest BCUT2D eigenvalue weighted by Crippen LogP contribution is 2.42. The van der Waals surface area contributed by atoms with Gasteiger partial charge < -0.3 is 25.4 Å². The van der Waals surface area contributed by atoms with E-state index in [1.54, 1.807) is 18.2 Å². The highest BCUT2D eigenvalue weighted by Gasteiger charge is 2.51. The van der Waals surface area contributed by atoms with Crippen molar-refractivity contribution >= 4 is 11.7 Å². The molecule has 0 saturated carbocycles. The van der Waals surface area contributed by atoms with Crippen molar-refractivity contribution in [3.05, 3.63) is 116 Å². The van der Waals surface area contributed by atoms with Gasteiger partial charge in [0.25, 0.3) is 11.8 Å². The molecule has 7 rings (SSSR count). The molecular formula is C39H42F2N8O7. The third-order valence-electron chi connectivity index (χ3n) is 10.1. The Balaban J connectivity index is 0.907. The molecule has 2 unspecified atom stereocenters. The van der Waals surface area contributed by atoms with Crippen molar-refractivity contribution in [1.29, 1.82) is 0 Å².